The van der Waals surface area contributed by atoms with Crippen molar-refractivity contribution in [2.75, 3.05) is 31.1 Å². The Morgan fingerprint density at radius 2 is 2.00 bits per heavy atom. The zero-order valence-corrected chi connectivity index (χ0v) is 10.8. The highest BCUT2D eigenvalue weighted by molar-refractivity contribution is 5.72. The van der Waals surface area contributed by atoms with Crippen molar-refractivity contribution in [3.63, 3.8) is 0 Å². The van der Waals surface area contributed by atoms with Crippen LogP contribution in [0.2, 0.25) is 0 Å². The van der Waals surface area contributed by atoms with Crippen LogP contribution in [0.3, 0.4) is 0 Å². The summed E-state index contributed by atoms with van der Waals surface area (Å²) >= 11 is 0. The zero-order valence-electron chi connectivity index (χ0n) is 10.8. The Hall–Kier alpha value is -1.62. The van der Waals surface area contributed by atoms with Gasteiger partial charge in [0.1, 0.15) is 11.9 Å². The second-order valence-electron chi connectivity index (χ2n) is 4.73. The van der Waals surface area contributed by atoms with E-state index in [1.807, 2.05) is 24.1 Å². The third-order valence-corrected chi connectivity index (χ3v) is 3.44. The number of pyridine rings is 1. The molecule has 1 N–H and O–H groups in total. The van der Waals surface area contributed by atoms with Gasteiger partial charge in [-0.3, -0.25) is 9.69 Å². The number of nitrogens with zero attached hydrogens (tertiary/aromatic N) is 3. The molecule has 1 unspecified atom stereocenters. The Morgan fingerprint density at radius 3 is 2.50 bits per heavy atom. The van der Waals surface area contributed by atoms with Crippen molar-refractivity contribution in [1.82, 2.24) is 9.88 Å². The molecular weight excluding hydrogens is 230 g/mol. The summed E-state index contributed by atoms with van der Waals surface area (Å²) in [7, 11) is 0. The smallest absolute Gasteiger partial charge is 0.320 e. The van der Waals surface area contributed by atoms with Gasteiger partial charge in [-0.15, -0.1) is 0 Å². The molecule has 1 fully saturated rings. The van der Waals surface area contributed by atoms with Crippen LogP contribution in [-0.4, -0.2) is 53.2 Å². The van der Waals surface area contributed by atoms with Gasteiger partial charge >= 0.3 is 5.97 Å². The van der Waals surface area contributed by atoms with E-state index in [1.54, 1.807) is 6.92 Å². The van der Waals surface area contributed by atoms with Crippen LogP contribution < -0.4 is 4.90 Å². The highest BCUT2D eigenvalue weighted by atomic mass is 16.4. The minimum Gasteiger partial charge on any atom is -0.480 e. The molecule has 2 rings (SSSR count). The number of aliphatic carboxylic acids is 1. The summed E-state index contributed by atoms with van der Waals surface area (Å²) in [4.78, 5) is 19.5. The number of hydrogen-bond donors (Lipinski definition) is 1. The largest absolute Gasteiger partial charge is 0.480 e. The molecule has 0 radical (unpaired) electrons. The molecule has 1 aromatic heterocycles. The first-order chi connectivity index (χ1) is 8.58. The monoisotopic (exact) mass is 249 g/mol. The Labute approximate surface area is 107 Å². The van der Waals surface area contributed by atoms with Crippen LogP contribution in [0.25, 0.3) is 0 Å². The molecule has 0 amide bonds. The minimum absolute atomic E-state index is 0.405. The van der Waals surface area contributed by atoms with Crippen molar-refractivity contribution in [3.8, 4) is 0 Å². The maximum Gasteiger partial charge on any atom is 0.320 e. The summed E-state index contributed by atoms with van der Waals surface area (Å²) in [6.45, 7) is 6.94. The van der Waals surface area contributed by atoms with Crippen molar-refractivity contribution in [1.29, 1.82) is 0 Å². The number of piperazine rings is 1. The third kappa shape index (κ3) is 2.79. The second-order valence-corrected chi connectivity index (χ2v) is 4.73. The lowest BCUT2D eigenvalue weighted by molar-refractivity contribution is -0.142. The van der Waals surface area contributed by atoms with Crippen LogP contribution in [-0.2, 0) is 4.79 Å². The molecule has 1 atom stereocenters. The molecule has 0 saturated carbocycles. The Morgan fingerprint density at radius 1 is 1.33 bits per heavy atom. The Balaban J connectivity index is 1.94. The molecule has 1 aliphatic rings. The Kier molecular flexibility index (Phi) is 3.81. The Bertz CT molecular complexity index is 411. The van der Waals surface area contributed by atoms with E-state index < -0.39 is 12.0 Å². The first kappa shape index (κ1) is 12.8. The van der Waals surface area contributed by atoms with Crippen molar-refractivity contribution >= 4 is 11.8 Å². The van der Waals surface area contributed by atoms with E-state index in [0.29, 0.717) is 0 Å². The van der Waals surface area contributed by atoms with Gasteiger partial charge in [0.25, 0.3) is 0 Å². The molecule has 5 heteroatoms. The van der Waals surface area contributed by atoms with Crippen LogP contribution in [0, 0.1) is 6.92 Å². The number of aryl methyl sites for hydroxylation is 1. The lowest BCUT2D eigenvalue weighted by Crippen LogP contribution is -2.51. The fourth-order valence-corrected chi connectivity index (χ4v) is 2.14. The molecule has 0 bridgehead atoms. The van der Waals surface area contributed by atoms with Gasteiger partial charge in [-0.1, -0.05) is 6.07 Å². The van der Waals surface area contributed by atoms with Crippen LogP contribution in [0.4, 0.5) is 5.82 Å². The molecule has 1 aliphatic heterocycles. The van der Waals surface area contributed by atoms with Gasteiger partial charge in [-0.25, -0.2) is 4.98 Å². The standard InChI is InChI=1S/C13H19N3O2/c1-10-3-4-12(14-9-10)16-7-5-15(6-8-16)11(2)13(17)18/h3-4,9,11H,5-8H2,1-2H3,(H,17,18). The van der Waals surface area contributed by atoms with Gasteiger partial charge in [0.15, 0.2) is 0 Å². The number of hydrogen-bond acceptors (Lipinski definition) is 4. The maximum atomic E-state index is 10.9. The third-order valence-electron chi connectivity index (χ3n) is 3.44. The quantitative estimate of drug-likeness (QED) is 0.865. The van der Waals surface area contributed by atoms with Gasteiger partial charge in [0, 0.05) is 32.4 Å². The number of carbonyl (C=O) groups is 1. The highest BCUT2D eigenvalue weighted by Crippen LogP contribution is 2.15. The summed E-state index contributed by atoms with van der Waals surface area (Å²) < 4.78 is 0. The lowest BCUT2D eigenvalue weighted by Gasteiger charge is -2.37. The van der Waals surface area contributed by atoms with E-state index in [0.717, 1.165) is 37.6 Å². The molecule has 0 aliphatic carbocycles. The van der Waals surface area contributed by atoms with Crippen molar-refractivity contribution < 1.29 is 9.90 Å². The first-order valence-corrected chi connectivity index (χ1v) is 6.22. The average Bonchev–Trinajstić information content (AvgIpc) is 2.39. The van der Waals surface area contributed by atoms with E-state index in [9.17, 15) is 4.79 Å². The number of carboxylic acids is 1. The van der Waals surface area contributed by atoms with E-state index in [1.165, 1.54) is 0 Å². The van der Waals surface area contributed by atoms with Crippen LogP contribution in [0.15, 0.2) is 18.3 Å². The maximum absolute atomic E-state index is 10.9. The molecule has 5 nitrogen and oxygen atoms in total. The number of rotatable bonds is 3. The average molecular weight is 249 g/mol. The summed E-state index contributed by atoms with van der Waals surface area (Å²) in [5.74, 6) is 0.222. The van der Waals surface area contributed by atoms with E-state index >= 15 is 0 Å². The zero-order chi connectivity index (χ0) is 13.1. The van der Waals surface area contributed by atoms with Crippen LogP contribution in [0.5, 0.6) is 0 Å². The second kappa shape index (κ2) is 5.35. The highest BCUT2D eigenvalue weighted by Gasteiger charge is 2.25. The fraction of sp³-hybridized carbons (Fsp3) is 0.538. The molecular formula is C13H19N3O2. The van der Waals surface area contributed by atoms with E-state index in [4.69, 9.17) is 5.11 Å². The normalized spacial score (nSPS) is 18.7. The van der Waals surface area contributed by atoms with Crippen LogP contribution in [0.1, 0.15) is 12.5 Å². The summed E-state index contributed by atoms with van der Waals surface area (Å²) in [6, 6.07) is 3.67. The predicted molar refractivity (Wildman–Crippen MR) is 69.9 cm³/mol. The summed E-state index contributed by atoms with van der Waals surface area (Å²) in [5.41, 5.74) is 1.15. The molecule has 18 heavy (non-hydrogen) atoms. The SMILES string of the molecule is Cc1ccc(N2CCN(C(C)C(=O)O)CC2)nc1. The van der Waals surface area contributed by atoms with Gasteiger partial charge in [-0.05, 0) is 25.5 Å². The fourth-order valence-electron chi connectivity index (χ4n) is 2.14. The molecule has 1 aromatic rings. The molecule has 0 aromatic carbocycles. The molecule has 2 heterocycles. The first-order valence-electron chi connectivity index (χ1n) is 6.22. The summed E-state index contributed by atoms with van der Waals surface area (Å²) in [6.07, 6.45) is 1.86. The van der Waals surface area contributed by atoms with E-state index in [-0.39, 0.29) is 0 Å². The van der Waals surface area contributed by atoms with Crippen molar-refractivity contribution in [2.45, 2.75) is 19.9 Å². The van der Waals surface area contributed by atoms with Gasteiger partial charge in [0.2, 0.25) is 0 Å². The minimum atomic E-state index is -0.753. The van der Waals surface area contributed by atoms with Gasteiger partial charge in [-0.2, -0.15) is 0 Å². The number of aromatic nitrogens is 1. The molecule has 1 saturated heterocycles. The van der Waals surface area contributed by atoms with Crippen molar-refractivity contribution in [3.05, 3.63) is 23.9 Å². The van der Waals surface area contributed by atoms with Crippen molar-refractivity contribution in [2.24, 2.45) is 0 Å². The molecule has 0 spiro atoms. The topological polar surface area (TPSA) is 56.7 Å². The summed E-state index contributed by atoms with van der Waals surface area (Å²) in [5, 5.41) is 8.98. The molecule has 98 valence electrons. The van der Waals surface area contributed by atoms with E-state index in [2.05, 4.69) is 16.0 Å². The van der Waals surface area contributed by atoms with Gasteiger partial charge < -0.3 is 10.0 Å². The van der Waals surface area contributed by atoms with Gasteiger partial charge in [0.05, 0.1) is 0 Å². The van der Waals surface area contributed by atoms with Crippen LogP contribution >= 0.6 is 0 Å². The number of anilines is 1. The number of carboxylic acid groups (broad SMARTS) is 1. The predicted octanol–water partition coefficient (Wildman–Crippen LogP) is 0.985. The lowest BCUT2D eigenvalue weighted by atomic mass is 10.2.